The molecule has 2 amide bonds. The molecule has 8 nitrogen and oxygen atoms in total. The van der Waals surface area contributed by atoms with Crippen molar-refractivity contribution in [3.63, 3.8) is 0 Å². The number of nitrogens with zero attached hydrogens (tertiary/aromatic N) is 2. The van der Waals surface area contributed by atoms with E-state index in [1.165, 1.54) is 37.3 Å². The van der Waals surface area contributed by atoms with Crippen LogP contribution in [-0.4, -0.2) is 51.9 Å². The minimum atomic E-state index is -4.24. The minimum absolute atomic E-state index is 0.00602. The summed E-state index contributed by atoms with van der Waals surface area (Å²) in [6.07, 6.45) is 0.336. The molecule has 0 unspecified atom stereocenters. The van der Waals surface area contributed by atoms with Gasteiger partial charge < -0.3 is 15.0 Å². The van der Waals surface area contributed by atoms with Crippen molar-refractivity contribution >= 4 is 39.1 Å². The first-order valence-electron chi connectivity index (χ1n) is 12.5. The van der Waals surface area contributed by atoms with E-state index in [0.717, 1.165) is 21.0 Å². The number of likely N-dealkylation sites (N-methyl/N-ethyl adjacent to an activating group) is 1. The SMILES string of the molecule is CC[C@@H](C(=O)NC)N(Cc1cccc(C)c1)C(=O)CN(c1cc(Cl)ccc1OC)S(=O)(=O)c1ccc(C)cc1. The second kappa shape index (κ2) is 13.0. The molecule has 3 rings (SSSR count). The Labute approximate surface area is 235 Å². The molecule has 0 spiro atoms. The molecule has 0 aliphatic heterocycles. The van der Waals surface area contributed by atoms with E-state index >= 15 is 0 Å². The van der Waals surface area contributed by atoms with Gasteiger partial charge in [0, 0.05) is 18.6 Å². The van der Waals surface area contributed by atoms with E-state index in [-0.39, 0.29) is 33.8 Å². The van der Waals surface area contributed by atoms with Crippen LogP contribution < -0.4 is 14.4 Å². The third kappa shape index (κ3) is 7.10. The van der Waals surface area contributed by atoms with E-state index in [0.29, 0.717) is 6.42 Å². The predicted octanol–water partition coefficient (Wildman–Crippen LogP) is 4.71. The third-order valence-electron chi connectivity index (χ3n) is 6.37. The molecule has 1 atom stereocenters. The Morgan fingerprint density at radius 1 is 1.00 bits per heavy atom. The minimum Gasteiger partial charge on any atom is -0.495 e. The Bertz CT molecular complexity index is 1430. The number of hydrogen-bond acceptors (Lipinski definition) is 5. The van der Waals surface area contributed by atoms with Gasteiger partial charge in [0.15, 0.2) is 0 Å². The zero-order valence-electron chi connectivity index (χ0n) is 22.8. The van der Waals surface area contributed by atoms with Crippen LogP contribution in [0, 0.1) is 13.8 Å². The summed E-state index contributed by atoms with van der Waals surface area (Å²) in [5, 5.41) is 2.89. The number of amides is 2. The number of aryl methyl sites for hydroxylation is 2. The Hall–Kier alpha value is -3.56. The smallest absolute Gasteiger partial charge is 0.264 e. The number of halogens is 1. The molecule has 0 aliphatic rings. The third-order valence-corrected chi connectivity index (χ3v) is 8.37. The molecule has 0 fully saturated rings. The van der Waals surface area contributed by atoms with Crippen LogP contribution in [0.2, 0.25) is 5.02 Å². The van der Waals surface area contributed by atoms with Crippen LogP contribution in [0.25, 0.3) is 0 Å². The largest absolute Gasteiger partial charge is 0.495 e. The number of carbonyl (C=O) groups excluding carboxylic acids is 2. The number of nitrogens with one attached hydrogen (secondary N) is 1. The highest BCUT2D eigenvalue weighted by atomic mass is 35.5. The second-order valence-electron chi connectivity index (χ2n) is 9.19. The molecule has 0 heterocycles. The van der Waals surface area contributed by atoms with Crippen LogP contribution in [0.5, 0.6) is 5.75 Å². The van der Waals surface area contributed by atoms with Gasteiger partial charge in [0.25, 0.3) is 10.0 Å². The highest BCUT2D eigenvalue weighted by molar-refractivity contribution is 7.92. The number of rotatable bonds is 11. The van der Waals surface area contributed by atoms with Crippen molar-refractivity contribution in [2.45, 2.75) is 44.7 Å². The van der Waals surface area contributed by atoms with Gasteiger partial charge in [-0.3, -0.25) is 13.9 Å². The Balaban J connectivity index is 2.13. The fourth-order valence-corrected chi connectivity index (χ4v) is 5.88. The summed E-state index contributed by atoms with van der Waals surface area (Å²) in [7, 11) is -1.32. The van der Waals surface area contributed by atoms with Gasteiger partial charge in [0.05, 0.1) is 17.7 Å². The van der Waals surface area contributed by atoms with Crippen LogP contribution in [0.3, 0.4) is 0 Å². The Morgan fingerprint density at radius 3 is 2.28 bits per heavy atom. The number of methoxy groups -OCH3 is 1. The zero-order valence-corrected chi connectivity index (χ0v) is 24.3. The van der Waals surface area contributed by atoms with Crippen LogP contribution in [-0.2, 0) is 26.2 Å². The van der Waals surface area contributed by atoms with Crippen molar-refractivity contribution in [1.82, 2.24) is 10.2 Å². The van der Waals surface area contributed by atoms with E-state index < -0.39 is 28.5 Å². The molecule has 3 aromatic rings. The number of ether oxygens (including phenoxy) is 1. The lowest BCUT2D eigenvalue weighted by Gasteiger charge is -2.33. The van der Waals surface area contributed by atoms with Crippen LogP contribution in [0.4, 0.5) is 5.69 Å². The van der Waals surface area contributed by atoms with Crippen LogP contribution in [0.15, 0.2) is 71.6 Å². The molecule has 39 heavy (non-hydrogen) atoms. The van der Waals surface area contributed by atoms with Crippen LogP contribution in [0.1, 0.15) is 30.0 Å². The number of benzene rings is 3. The van der Waals surface area contributed by atoms with Gasteiger partial charge in [-0.1, -0.05) is 66.0 Å². The molecule has 0 aliphatic carbocycles. The number of anilines is 1. The monoisotopic (exact) mass is 571 g/mol. The van der Waals surface area contributed by atoms with Crippen LogP contribution >= 0.6 is 11.6 Å². The topological polar surface area (TPSA) is 96.0 Å². The summed E-state index contributed by atoms with van der Waals surface area (Å²) in [6, 6.07) is 17.7. The fourth-order valence-electron chi connectivity index (χ4n) is 4.30. The van der Waals surface area contributed by atoms with Gasteiger partial charge in [-0.25, -0.2) is 8.42 Å². The van der Waals surface area contributed by atoms with Crippen molar-refractivity contribution in [2.24, 2.45) is 0 Å². The van der Waals surface area contributed by atoms with E-state index in [4.69, 9.17) is 16.3 Å². The maximum absolute atomic E-state index is 14.0. The lowest BCUT2D eigenvalue weighted by atomic mass is 10.1. The summed E-state index contributed by atoms with van der Waals surface area (Å²) in [5.41, 5.74) is 2.82. The van der Waals surface area contributed by atoms with Gasteiger partial charge >= 0.3 is 0 Å². The Kier molecular flexibility index (Phi) is 9.99. The summed E-state index contributed by atoms with van der Waals surface area (Å²) in [4.78, 5) is 28.3. The maximum Gasteiger partial charge on any atom is 0.264 e. The molecule has 0 saturated heterocycles. The molecule has 1 N–H and O–H groups in total. The second-order valence-corrected chi connectivity index (χ2v) is 11.5. The van der Waals surface area contributed by atoms with Gasteiger partial charge in [0.1, 0.15) is 18.3 Å². The predicted molar refractivity (Wildman–Crippen MR) is 154 cm³/mol. The quantitative estimate of drug-likeness (QED) is 0.359. The maximum atomic E-state index is 14.0. The molecule has 0 radical (unpaired) electrons. The molecular weight excluding hydrogens is 538 g/mol. The summed E-state index contributed by atoms with van der Waals surface area (Å²) in [5.74, 6) is -0.664. The Morgan fingerprint density at radius 2 is 1.69 bits per heavy atom. The first kappa shape index (κ1) is 30.0. The number of carbonyl (C=O) groups is 2. The average molecular weight is 572 g/mol. The average Bonchev–Trinajstić information content (AvgIpc) is 2.91. The van der Waals surface area contributed by atoms with Gasteiger partial charge in [-0.2, -0.15) is 0 Å². The van der Waals surface area contributed by atoms with Crippen molar-refractivity contribution in [2.75, 3.05) is 25.0 Å². The first-order chi connectivity index (χ1) is 18.5. The zero-order chi connectivity index (χ0) is 28.7. The molecule has 0 saturated carbocycles. The van der Waals surface area contributed by atoms with Crippen molar-refractivity contribution < 1.29 is 22.7 Å². The first-order valence-corrected chi connectivity index (χ1v) is 14.3. The normalized spacial score (nSPS) is 11.9. The van der Waals surface area contributed by atoms with Crippen molar-refractivity contribution in [1.29, 1.82) is 0 Å². The van der Waals surface area contributed by atoms with Gasteiger partial charge in [-0.05, 0) is 56.2 Å². The standard InChI is InChI=1S/C29H34ClN3O5S/c1-6-25(29(35)31-4)32(18-22-9-7-8-21(3)16-22)28(34)19-33(26-17-23(30)12-15-27(26)38-5)39(36,37)24-13-10-20(2)11-14-24/h7-17,25H,6,18-19H2,1-5H3,(H,31,35)/t25-/m0/s1. The number of sulfonamides is 1. The molecular formula is C29H34ClN3O5S. The van der Waals surface area contributed by atoms with E-state index in [9.17, 15) is 18.0 Å². The summed E-state index contributed by atoms with van der Waals surface area (Å²) >= 11 is 6.26. The molecule has 0 bridgehead atoms. The molecule has 208 valence electrons. The lowest BCUT2D eigenvalue weighted by molar-refractivity contribution is -0.140. The fraction of sp³-hybridized carbons (Fsp3) is 0.310. The van der Waals surface area contributed by atoms with Gasteiger partial charge in [0.2, 0.25) is 11.8 Å². The highest BCUT2D eigenvalue weighted by Crippen LogP contribution is 2.35. The molecule has 10 heteroatoms. The van der Waals surface area contributed by atoms with Crippen molar-refractivity contribution in [3.8, 4) is 5.75 Å². The highest BCUT2D eigenvalue weighted by Gasteiger charge is 2.34. The summed E-state index contributed by atoms with van der Waals surface area (Å²) in [6.45, 7) is 5.14. The van der Waals surface area contributed by atoms with E-state index in [1.807, 2.05) is 38.1 Å². The van der Waals surface area contributed by atoms with E-state index in [2.05, 4.69) is 5.32 Å². The lowest BCUT2D eigenvalue weighted by Crippen LogP contribution is -2.51. The van der Waals surface area contributed by atoms with Gasteiger partial charge in [-0.15, -0.1) is 0 Å². The van der Waals surface area contributed by atoms with Crippen molar-refractivity contribution in [3.05, 3.63) is 88.4 Å². The number of hydrogen-bond donors (Lipinski definition) is 1. The summed E-state index contributed by atoms with van der Waals surface area (Å²) < 4.78 is 34.4. The molecule has 0 aromatic heterocycles. The van der Waals surface area contributed by atoms with E-state index in [1.54, 1.807) is 31.2 Å². The molecule has 3 aromatic carbocycles.